The lowest BCUT2D eigenvalue weighted by Gasteiger charge is -2.23. The monoisotopic (exact) mass is 266 g/mol. The fraction of sp³-hybridized carbons (Fsp3) is 0.462. The van der Waals surface area contributed by atoms with Crippen LogP contribution in [0.15, 0.2) is 23.1 Å². The first-order chi connectivity index (χ1) is 8.65. The van der Waals surface area contributed by atoms with Crippen LogP contribution in [0.4, 0.5) is 5.69 Å². The quantitative estimate of drug-likeness (QED) is 0.872. The van der Waals surface area contributed by atoms with Gasteiger partial charge in [0.25, 0.3) is 0 Å². The molecule has 5 heteroatoms. The number of fused-ring (bicyclic) bond motifs is 1. The molecule has 0 aromatic heterocycles. The molecule has 0 bridgehead atoms. The molecule has 0 spiro atoms. The normalized spacial score (nSPS) is 20.2. The van der Waals surface area contributed by atoms with Gasteiger partial charge in [-0.15, -0.1) is 11.8 Å². The number of hydrogen-bond donors (Lipinski definition) is 2. The van der Waals surface area contributed by atoms with Gasteiger partial charge in [-0.05, 0) is 24.6 Å². The van der Waals surface area contributed by atoms with E-state index in [1.165, 1.54) is 0 Å². The van der Waals surface area contributed by atoms with E-state index in [0.29, 0.717) is 13.2 Å². The van der Waals surface area contributed by atoms with Crippen molar-refractivity contribution >= 4 is 23.4 Å². The van der Waals surface area contributed by atoms with E-state index in [2.05, 4.69) is 11.4 Å². The molecular formula is C13H18N2O2S. The van der Waals surface area contributed by atoms with Gasteiger partial charge < -0.3 is 15.8 Å². The van der Waals surface area contributed by atoms with Crippen LogP contribution in [0.1, 0.15) is 18.4 Å². The average Bonchev–Trinajstić information content (AvgIpc) is 2.37. The summed E-state index contributed by atoms with van der Waals surface area (Å²) in [6.45, 7) is 3.03. The number of carbonyl (C=O) groups excluding carboxylic acids is 1. The summed E-state index contributed by atoms with van der Waals surface area (Å²) in [4.78, 5) is 12.8. The first kappa shape index (κ1) is 13.4. The minimum atomic E-state index is -0.0346. The van der Waals surface area contributed by atoms with Gasteiger partial charge in [-0.3, -0.25) is 4.79 Å². The lowest BCUT2D eigenvalue weighted by Crippen LogP contribution is -2.26. The topological polar surface area (TPSA) is 64.3 Å². The molecule has 0 fully saturated rings. The largest absolute Gasteiger partial charge is 0.384 e. The molecule has 0 saturated carbocycles. The van der Waals surface area contributed by atoms with Crippen molar-refractivity contribution in [3.63, 3.8) is 0 Å². The third kappa shape index (κ3) is 2.68. The molecule has 2 rings (SSSR count). The van der Waals surface area contributed by atoms with Crippen molar-refractivity contribution in [2.45, 2.75) is 23.0 Å². The van der Waals surface area contributed by atoms with Crippen molar-refractivity contribution in [3.05, 3.63) is 23.8 Å². The molecule has 0 saturated heterocycles. The number of amides is 1. The zero-order chi connectivity index (χ0) is 13.1. The summed E-state index contributed by atoms with van der Waals surface area (Å²) in [5, 5.41) is 2.90. The van der Waals surface area contributed by atoms with Crippen LogP contribution in [-0.2, 0) is 9.53 Å². The molecule has 1 aliphatic heterocycles. The van der Waals surface area contributed by atoms with Gasteiger partial charge in [0, 0.05) is 24.5 Å². The van der Waals surface area contributed by atoms with Crippen LogP contribution in [0.25, 0.3) is 0 Å². The van der Waals surface area contributed by atoms with Gasteiger partial charge in [0.1, 0.15) is 0 Å². The van der Waals surface area contributed by atoms with Crippen LogP contribution in [0, 0.1) is 0 Å². The predicted molar refractivity (Wildman–Crippen MR) is 74.1 cm³/mol. The smallest absolute Gasteiger partial charge is 0.237 e. The predicted octanol–water partition coefficient (Wildman–Crippen LogP) is 1.81. The fourth-order valence-electron chi connectivity index (χ4n) is 1.98. The van der Waals surface area contributed by atoms with Gasteiger partial charge in [-0.2, -0.15) is 0 Å². The second kappa shape index (κ2) is 5.73. The SMILES string of the molecule is COCC(CN)c1ccc2c(c1)NC(=O)C(C)S2. The molecule has 1 aromatic rings. The Morgan fingerprint density at radius 2 is 2.33 bits per heavy atom. The molecule has 18 heavy (non-hydrogen) atoms. The van der Waals surface area contributed by atoms with Crippen LogP contribution in [0.3, 0.4) is 0 Å². The number of benzene rings is 1. The Bertz CT molecular complexity index is 451. The van der Waals surface area contributed by atoms with Crippen LogP contribution < -0.4 is 11.1 Å². The van der Waals surface area contributed by atoms with Gasteiger partial charge in [0.2, 0.25) is 5.91 Å². The molecule has 4 nitrogen and oxygen atoms in total. The van der Waals surface area contributed by atoms with E-state index in [0.717, 1.165) is 16.1 Å². The van der Waals surface area contributed by atoms with Crippen LogP contribution in [-0.4, -0.2) is 31.4 Å². The number of methoxy groups -OCH3 is 1. The Labute approximate surface area is 111 Å². The molecule has 2 atom stereocenters. The Hall–Kier alpha value is -1.04. The number of hydrogen-bond acceptors (Lipinski definition) is 4. The van der Waals surface area contributed by atoms with Crippen LogP contribution in [0.5, 0.6) is 0 Å². The van der Waals surface area contributed by atoms with Crippen molar-refractivity contribution in [1.82, 2.24) is 0 Å². The maximum atomic E-state index is 11.7. The Morgan fingerprint density at radius 1 is 1.56 bits per heavy atom. The molecule has 98 valence electrons. The van der Waals surface area contributed by atoms with Crippen molar-refractivity contribution in [2.75, 3.05) is 25.6 Å². The van der Waals surface area contributed by atoms with E-state index in [4.69, 9.17) is 10.5 Å². The number of ether oxygens (including phenoxy) is 1. The van der Waals surface area contributed by atoms with Gasteiger partial charge in [-0.1, -0.05) is 6.07 Å². The van der Waals surface area contributed by atoms with E-state index in [1.54, 1.807) is 18.9 Å². The fourth-order valence-corrected chi connectivity index (χ4v) is 2.91. The molecule has 2 unspecified atom stereocenters. The number of anilines is 1. The standard InChI is InChI=1S/C13H18N2O2S/c1-8-13(16)15-11-5-9(3-4-12(11)18-8)10(6-14)7-17-2/h3-5,8,10H,6-7,14H2,1-2H3,(H,15,16). The van der Waals surface area contributed by atoms with Gasteiger partial charge in [0.15, 0.2) is 0 Å². The van der Waals surface area contributed by atoms with Gasteiger partial charge in [-0.25, -0.2) is 0 Å². The summed E-state index contributed by atoms with van der Waals surface area (Å²) in [6, 6.07) is 6.11. The van der Waals surface area contributed by atoms with Crippen LogP contribution >= 0.6 is 11.8 Å². The van der Waals surface area contributed by atoms with Crippen LogP contribution in [0.2, 0.25) is 0 Å². The van der Waals surface area contributed by atoms with Crippen molar-refractivity contribution in [2.24, 2.45) is 5.73 Å². The number of carbonyl (C=O) groups is 1. The molecule has 1 amide bonds. The highest BCUT2D eigenvalue weighted by Gasteiger charge is 2.23. The number of thioether (sulfide) groups is 1. The summed E-state index contributed by atoms with van der Waals surface area (Å²) in [6.07, 6.45) is 0. The van der Waals surface area contributed by atoms with Gasteiger partial charge >= 0.3 is 0 Å². The Morgan fingerprint density at radius 3 is 3.00 bits per heavy atom. The molecule has 3 N–H and O–H groups in total. The average molecular weight is 266 g/mol. The van der Waals surface area contributed by atoms with E-state index in [-0.39, 0.29) is 17.1 Å². The summed E-state index contributed by atoms with van der Waals surface area (Å²) >= 11 is 1.59. The summed E-state index contributed by atoms with van der Waals surface area (Å²) in [5.41, 5.74) is 7.73. The van der Waals surface area contributed by atoms with Crippen molar-refractivity contribution < 1.29 is 9.53 Å². The molecule has 1 aliphatic rings. The second-order valence-corrected chi connectivity index (χ2v) is 5.78. The zero-order valence-corrected chi connectivity index (χ0v) is 11.4. The highest BCUT2D eigenvalue weighted by Crippen LogP contribution is 2.37. The summed E-state index contributed by atoms with van der Waals surface area (Å²) in [5.74, 6) is 0.224. The van der Waals surface area contributed by atoms with E-state index >= 15 is 0 Å². The number of nitrogens with one attached hydrogen (secondary N) is 1. The molecule has 0 aliphatic carbocycles. The maximum Gasteiger partial charge on any atom is 0.237 e. The minimum Gasteiger partial charge on any atom is -0.384 e. The minimum absolute atomic E-state index is 0.0346. The zero-order valence-electron chi connectivity index (χ0n) is 10.6. The first-order valence-corrected chi connectivity index (χ1v) is 6.84. The highest BCUT2D eigenvalue weighted by atomic mass is 32.2. The summed E-state index contributed by atoms with van der Waals surface area (Å²) in [7, 11) is 1.67. The van der Waals surface area contributed by atoms with E-state index in [9.17, 15) is 4.79 Å². The molecule has 1 heterocycles. The first-order valence-electron chi connectivity index (χ1n) is 5.96. The maximum absolute atomic E-state index is 11.7. The van der Waals surface area contributed by atoms with Crippen molar-refractivity contribution in [1.29, 1.82) is 0 Å². The molecular weight excluding hydrogens is 248 g/mol. The number of nitrogens with two attached hydrogens (primary N) is 1. The van der Waals surface area contributed by atoms with E-state index in [1.807, 2.05) is 19.1 Å². The third-order valence-corrected chi connectivity index (χ3v) is 4.24. The van der Waals surface area contributed by atoms with Gasteiger partial charge in [0.05, 0.1) is 17.5 Å². The second-order valence-electron chi connectivity index (χ2n) is 4.39. The molecule has 0 radical (unpaired) electrons. The highest BCUT2D eigenvalue weighted by molar-refractivity contribution is 8.00. The summed E-state index contributed by atoms with van der Waals surface area (Å²) < 4.78 is 5.16. The molecule has 1 aromatic carbocycles. The van der Waals surface area contributed by atoms with Crippen molar-refractivity contribution in [3.8, 4) is 0 Å². The van der Waals surface area contributed by atoms with E-state index < -0.39 is 0 Å². The Kier molecular flexibility index (Phi) is 4.27. The lowest BCUT2D eigenvalue weighted by atomic mass is 9.99. The lowest BCUT2D eigenvalue weighted by molar-refractivity contribution is -0.115. The third-order valence-electron chi connectivity index (χ3n) is 3.06. The Balaban J connectivity index is 2.26. The number of rotatable bonds is 4.